The molecule has 0 fully saturated rings. The number of sulfone groups is 1. The van der Waals surface area contributed by atoms with Gasteiger partial charge in [0.1, 0.15) is 0 Å². The molecule has 1 aromatic heterocycles. The number of nitrogens with zero attached hydrogens (tertiary/aromatic N) is 2. The van der Waals surface area contributed by atoms with Crippen molar-refractivity contribution in [3.63, 3.8) is 0 Å². The van der Waals surface area contributed by atoms with E-state index in [9.17, 15) is 22.0 Å². The minimum atomic E-state index is -3.37. The predicted molar refractivity (Wildman–Crippen MR) is 118 cm³/mol. The zero-order valence-corrected chi connectivity index (χ0v) is 18.0. The molecule has 0 saturated carbocycles. The number of hydrogen-bond donors (Lipinski definition) is 0. The zero-order chi connectivity index (χ0) is 23.0. The Balaban J connectivity index is 1.96. The minimum Gasteiger partial charge on any atom is -0.267 e. The summed E-state index contributed by atoms with van der Waals surface area (Å²) in [6, 6.07) is 16.5. The van der Waals surface area contributed by atoms with E-state index in [1.807, 2.05) is 19.1 Å². The average Bonchev–Trinajstić information content (AvgIpc) is 2.76. The molecule has 0 aliphatic rings. The fourth-order valence-electron chi connectivity index (χ4n) is 3.35. The van der Waals surface area contributed by atoms with E-state index in [4.69, 9.17) is 0 Å². The first-order valence-corrected chi connectivity index (χ1v) is 11.5. The fourth-order valence-corrected chi connectivity index (χ4v) is 3.98. The van der Waals surface area contributed by atoms with Crippen LogP contribution in [-0.2, 0) is 9.84 Å². The minimum absolute atomic E-state index is 0.0845. The smallest absolute Gasteiger partial charge is 0.267 e. The van der Waals surface area contributed by atoms with Crippen LogP contribution in [-0.4, -0.2) is 24.5 Å². The van der Waals surface area contributed by atoms with Crippen LogP contribution in [0, 0.1) is 18.6 Å². The highest BCUT2D eigenvalue weighted by Crippen LogP contribution is 2.30. The standard InChI is InChI=1S/C24H18F2N2O3S/c1-15-3-5-17(6-4-15)23-20(16-7-10-19(11-8-16)32(2,30)31)14-27-28(24(23)29)18-9-12-21(25)22(26)13-18/h3-14H,1-2H3. The SMILES string of the molecule is Cc1ccc(-c2c(-c3ccc(S(C)(=O)=O)cc3)cnn(-c3ccc(F)c(F)c3)c2=O)cc1. The van der Waals surface area contributed by atoms with Crippen molar-refractivity contribution in [3.8, 4) is 27.9 Å². The third-order valence-electron chi connectivity index (χ3n) is 5.06. The summed E-state index contributed by atoms with van der Waals surface area (Å²) in [6.07, 6.45) is 2.57. The van der Waals surface area contributed by atoms with Crippen molar-refractivity contribution in [3.05, 3.63) is 100 Å². The number of halogens is 2. The molecule has 0 saturated heterocycles. The van der Waals surface area contributed by atoms with Gasteiger partial charge in [0, 0.05) is 17.9 Å². The zero-order valence-electron chi connectivity index (χ0n) is 17.2. The van der Waals surface area contributed by atoms with Crippen molar-refractivity contribution in [2.24, 2.45) is 0 Å². The monoisotopic (exact) mass is 452 g/mol. The van der Waals surface area contributed by atoms with Crippen molar-refractivity contribution in [1.29, 1.82) is 0 Å². The first-order valence-electron chi connectivity index (χ1n) is 9.60. The van der Waals surface area contributed by atoms with Gasteiger partial charge < -0.3 is 0 Å². The summed E-state index contributed by atoms with van der Waals surface area (Å²) >= 11 is 0. The van der Waals surface area contributed by atoms with Gasteiger partial charge in [0.15, 0.2) is 21.5 Å². The number of aryl methyl sites for hydroxylation is 1. The summed E-state index contributed by atoms with van der Waals surface area (Å²) in [7, 11) is -3.37. The van der Waals surface area contributed by atoms with Crippen LogP contribution in [0.3, 0.4) is 0 Å². The van der Waals surface area contributed by atoms with Crippen LogP contribution >= 0.6 is 0 Å². The van der Waals surface area contributed by atoms with E-state index in [-0.39, 0.29) is 10.6 Å². The molecule has 4 aromatic rings. The maximum atomic E-state index is 13.8. The molecule has 0 bridgehead atoms. The van der Waals surface area contributed by atoms with Crippen molar-refractivity contribution in [2.45, 2.75) is 11.8 Å². The van der Waals surface area contributed by atoms with Crippen LogP contribution in [0.2, 0.25) is 0 Å². The Kier molecular flexibility index (Phi) is 5.48. The fraction of sp³-hybridized carbons (Fsp3) is 0.0833. The first-order chi connectivity index (χ1) is 15.1. The first kappa shape index (κ1) is 21.6. The molecule has 162 valence electrons. The lowest BCUT2D eigenvalue weighted by Crippen LogP contribution is -2.23. The van der Waals surface area contributed by atoms with Gasteiger partial charge in [0.2, 0.25) is 0 Å². The number of hydrogen-bond acceptors (Lipinski definition) is 4. The molecular weight excluding hydrogens is 434 g/mol. The molecule has 3 aromatic carbocycles. The summed E-state index contributed by atoms with van der Waals surface area (Å²) < 4.78 is 51.7. The molecule has 4 rings (SSSR count). The lowest BCUT2D eigenvalue weighted by atomic mass is 9.96. The molecule has 0 amide bonds. The van der Waals surface area contributed by atoms with E-state index in [1.54, 1.807) is 24.3 Å². The second kappa shape index (κ2) is 8.12. The van der Waals surface area contributed by atoms with Crippen molar-refractivity contribution >= 4 is 9.84 Å². The second-order valence-corrected chi connectivity index (χ2v) is 9.43. The molecule has 8 heteroatoms. The van der Waals surface area contributed by atoms with Gasteiger partial charge >= 0.3 is 0 Å². The summed E-state index contributed by atoms with van der Waals surface area (Å²) in [5.41, 5.74) is 2.56. The van der Waals surface area contributed by atoms with Gasteiger partial charge in [-0.25, -0.2) is 17.2 Å². The van der Waals surface area contributed by atoms with Gasteiger partial charge in [-0.1, -0.05) is 42.0 Å². The van der Waals surface area contributed by atoms with Crippen LogP contribution in [0.4, 0.5) is 8.78 Å². The summed E-state index contributed by atoms with van der Waals surface area (Å²) in [5, 5.41) is 4.17. The molecule has 0 aliphatic carbocycles. The quantitative estimate of drug-likeness (QED) is 0.455. The third-order valence-corrected chi connectivity index (χ3v) is 6.19. The number of benzene rings is 3. The molecule has 0 atom stereocenters. The van der Waals surface area contributed by atoms with Gasteiger partial charge in [-0.15, -0.1) is 0 Å². The van der Waals surface area contributed by atoms with Gasteiger partial charge in [-0.05, 0) is 42.3 Å². The largest absolute Gasteiger partial charge is 0.280 e. The van der Waals surface area contributed by atoms with Crippen molar-refractivity contribution < 1.29 is 17.2 Å². The Labute approximate surface area is 183 Å². The second-order valence-electron chi connectivity index (χ2n) is 7.41. The highest BCUT2D eigenvalue weighted by atomic mass is 32.2. The molecule has 0 N–H and O–H groups in total. The topological polar surface area (TPSA) is 69.0 Å². The van der Waals surface area contributed by atoms with Crippen LogP contribution < -0.4 is 5.56 Å². The van der Waals surface area contributed by atoms with E-state index in [2.05, 4.69) is 5.10 Å². The van der Waals surface area contributed by atoms with Crippen LogP contribution in [0.15, 0.2) is 82.6 Å². The van der Waals surface area contributed by atoms with Crippen LogP contribution in [0.5, 0.6) is 0 Å². The molecule has 0 spiro atoms. The Morgan fingerprint density at radius 2 is 1.47 bits per heavy atom. The predicted octanol–water partition coefficient (Wildman–Crippen LogP) is 4.56. The van der Waals surface area contributed by atoms with Gasteiger partial charge in [0.05, 0.1) is 22.3 Å². The van der Waals surface area contributed by atoms with Crippen LogP contribution in [0.1, 0.15) is 5.56 Å². The molecule has 5 nitrogen and oxygen atoms in total. The van der Waals surface area contributed by atoms with Gasteiger partial charge in [0.25, 0.3) is 5.56 Å². The maximum Gasteiger partial charge on any atom is 0.280 e. The third kappa shape index (κ3) is 4.09. The summed E-state index contributed by atoms with van der Waals surface area (Å²) in [4.78, 5) is 13.6. The highest BCUT2D eigenvalue weighted by molar-refractivity contribution is 7.90. The maximum absolute atomic E-state index is 13.8. The van der Waals surface area contributed by atoms with Gasteiger partial charge in [-0.3, -0.25) is 4.79 Å². The molecule has 0 aliphatic heterocycles. The highest BCUT2D eigenvalue weighted by Gasteiger charge is 2.18. The van der Waals surface area contributed by atoms with E-state index in [0.717, 1.165) is 28.6 Å². The van der Waals surface area contributed by atoms with Crippen LogP contribution in [0.25, 0.3) is 27.9 Å². The molecule has 32 heavy (non-hydrogen) atoms. The van der Waals surface area contributed by atoms with Crippen molar-refractivity contribution in [2.75, 3.05) is 6.26 Å². The molecule has 0 unspecified atom stereocenters. The van der Waals surface area contributed by atoms with Gasteiger partial charge in [-0.2, -0.15) is 9.78 Å². The normalized spacial score (nSPS) is 11.5. The molecular formula is C24H18F2N2O3S. The lowest BCUT2D eigenvalue weighted by molar-refractivity contribution is 0.507. The Bertz CT molecular complexity index is 1480. The summed E-state index contributed by atoms with van der Waals surface area (Å²) in [5.74, 6) is -2.11. The van der Waals surface area contributed by atoms with E-state index < -0.39 is 27.0 Å². The van der Waals surface area contributed by atoms with Crippen molar-refractivity contribution in [1.82, 2.24) is 9.78 Å². The lowest BCUT2D eigenvalue weighted by Gasteiger charge is -2.13. The van der Waals surface area contributed by atoms with E-state index in [0.29, 0.717) is 22.3 Å². The molecule has 1 heterocycles. The molecule has 0 radical (unpaired) electrons. The number of aromatic nitrogens is 2. The Morgan fingerprint density at radius 3 is 2.06 bits per heavy atom. The Morgan fingerprint density at radius 1 is 0.844 bits per heavy atom. The van der Waals surface area contributed by atoms with E-state index >= 15 is 0 Å². The Hall–Kier alpha value is -3.65. The number of rotatable bonds is 4. The summed E-state index contributed by atoms with van der Waals surface area (Å²) in [6.45, 7) is 1.92. The average molecular weight is 452 g/mol. The van der Waals surface area contributed by atoms with E-state index in [1.165, 1.54) is 24.4 Å².